The van der Waals surface area contributed by atoms with Gasteiger partial charge in [0.25, 0.3) is 0 Å². The molecule has 1 aromatic carbocycles. The highest BCUT2D eigenvalue weighted by atomic mass is 16.5. The number of ether oxygens (including phenoxy) is 2. The molecule has 1 N–H and O–H groups in total. The van der Waals surface area contributed by atoms with Gasteiger partial charge in [-0.3, -0.25) is 4.79 Å². The molecule has 8 heteroatoms. The Morgan fingerprint density at radius 3 is 2.81 bits per heavy atom. The Morgan fingerprint density at radius 1 is 1.38 bits per heavy atom. The molecule has 0 aliphatic carbocycles. The summed E-state index contributed by atoms with van der Waals surface area (Å²) in [6.07, 6.45) is -0.638. The van der Waals surface area contributed by atoms with Gasteiger partial charge in [-0.15, -0.1) is 5.10 Å². The zero-order valence-electron chi connectivity index (χ0n) is 11.8. The van der Waals surface area contributed by atoms with Crippen LogP contribution >= 0.6 is 0 Å². The van der Waals surface area contributed by atoms with Crippen molar-refractivity contribution in [3.63, 3.8) is 0 Å². The maximum Gasteiger partial charge on any atom is 0.306 e. The number of rotatable bonds is 7. The van der Waals surface area contributed by atoms with Gasteiger partial charge in [0, 0.05) is 7.11 Å². The molecular weight excluding hydrogens is 276 g/mol. The molecule has 112 valence electrons. The molecule has 0 radical (unpaired) electrons. The summed E-state index contributed by atoms with van der Waals surface area (Å²) in [7, 11) is 3.02. The molecule has 0 aliphatic rings. The second-order valence-corrected chi connectivity index (χ2v) is 4.34. The third-order valence-corrected chi connectivity index (χ3v) is 2.99. The van der Waals surface area contributed by atoms with Crippen molar-refractivity contribution in [1.29, 1.82) is 0 Å². The first kappa shape index (κ1) is 14.9. The van der Waals surface area contributed by atoms with E-state index >= 15 is 0 Å². The van der Waals surface area contributed by atoms with E-state index in [4.69, 9.17) is 14.6 Å². The third kappa shape index (κ3) is 3.54. The van der Waals surface area contributed by atoms with Crippen LogP contribution in [0.5, 0.6) is 5.75 Å². The predicted molar refractivity (Wildman–Crippen MR) is 72.9 cm³/mol. The number of benzene rings is 1. The molecule has 2 aromatic rings. The highest BCUT2D eigenvalue weighted by molar-refractivity contribution is 5.67. The second kappa shape index (κ2) is 6.80. The minimum Gasteiger partial charge on any atom is -0.496 e. The summed E-state index contributed by atoms with van der Waals surface area (Å²) >= 11 is 0. The van der Waals surface area contributed by atoms with Crippen LogP contribution in [-0.4, -0.2) is 51.6 Å². The number of carboxylic acid groups (broad SMARTS) is 1. The van der Waals surface area contributed by atoms with E-state index < -0.39 is 12.1 Å². The predicted octanol–water partition coefficient (Wildman–Crippen LogP) is 0.838. The van der Waals surface area contributed by atoms with Crippen LogP contribution in [0.15, 0.2) is 24.3 Å². The molecule has 1 atom stereocenters. The van der Waals surface area contributed by atoms with Crippen LogP contribution in [0.4, 0.5) is 0 Å². The number of aliphatic carboxylic acids is 1. The molecule has 0 fully saturated rings. The van der Waals surface area contributed by atoms with Crippen LogP contribution in [-0.2, 0) is 16.1 Å². The fraction of sp³-hybridized carbons (Fsp3) is 0.385. The lowest BCUT2D eigenvalue weighted by molar-refractivity contribution is -0.140. The minimum absolute atomic E-state index is 0.123. The van der Waals surface area contributed by atoms with E-state index in [1.165, 1.54) is 11.8 Å². The number of hydrogen-bond acceptors (Lipinski definition) is 6. The largest absolute Gasteiger partial charge is 0.496 e. The van der Waals surface area contributed by atoms with E-state index in [1.807, 2.05) is 18.2 Å². The second-order valence-electron chi connectivity index (χ2n) is 4.34. The SMILES string of the molecule is COc1ccccc1-c1nnnn1CC(CC(=O)O)OC. The van der Waals surface area contributed by atoms with E-state index in [9.17, 15) is 4.79 Å². The number of carbonyl (C=O) groups is 1. The minimum atomic E-state index is -0.936. The summed E-state index contributed by atoms with van der Waals surface area (Å²) < 4.78 is 11.9. The molecular formula is C13H16N4O4. The number of aromatic nitrogens is 4. The number of nitrogens with zero attached hydrogens (tertiary/aromatic N) is 4. The van der Waals surface area contributed by atoms with Crippen molar-refractivity contribution in [2.75, 3.05) is 14.2 Å². The first-order valence-electron chi connectivity index (χ1n) is 6.29. The molecule has 0 spiro atoms. The van der Waals surface area contributed by atoms with Gasteiger partial charge >= 0.3 is 5.97 Å². The normalized spacial score (nSPS) is 12.1. The van der Waals surface area contributed by atoms with Gasteiger partial charge in [0.05, 0.1) is 31.7 Å². The van der Waals surface area contributed by atoms with Crippen molar-refractivity contribution < 1.29 is 19.4 Å². The van der Waals surface area contributed by atoms with Crippen molar-refractivity contribution in [2.45, 2.75) is 19.1 Å². The van der Waals surface area contributed by atoms with Gasteiger partial charge in [-0.25, -0.2) is 4.68 Å². The lowest BCUT2D eigenvalue weighted by atomic mass is 10.2. The molecule has 0 saturated heterocycles. The van der Waals surface area contributed by atoms with Crippen molar-refractivity contribution in [2.24, 2.45) is 0 Å². The Morgan fingerprint density at radius 2 is 2.14 bits per heavy atom. The van der Waals surface area contributed by atoms with Crippen LogP contribution in [0.25, 0.3) is 11.4 Å². The molecule has 8 nitrogen and oxygen atoms in total. The van der Waals surface area contributed by atoms with Crippen LogP contribution < -0.4 is 4.74 Å². The molecule has 21 heavy (non-hydrogen) atoms. The summed E-state index contributed by atoms with van der Waals surface area (Å²) in [5, 5.41) is 20.4. The van der Waals surface area contributed by atoms with Gasteiger partial charge in [0.1, 0.15) is 5.75 Å². The number of tetrazole rings is 1. The monoisotopic (exact) mass is 292 g/mol. The number of hydrogen-bond donors (Lipinski definition) is 1. The zero-order chi connectivity index (χ0) is 15.2. The molecule has 1 unspecified atom stereocenters. The number of methoxy groups -OCH3 is 2. The summed E-state index contributed by atoms with van der Waals surface area (Å²) in [4.78, 5) is 10.8. The van der Waals surface area contributed by atoms with Gasteiger partial charge in [0.2, 0.25) is 0 Å². The Bertz CT molecular complexity index is 614. The maximum absolute atomic E-state index is 10.8. The van der Waals surface area contributed by atoms with Gasteiger partial charge in [-0.2, -0.15) is 0 Å². The zero-order valence-corrected chi connectivity index (χ0v) is 11.8. The van der Waals surface area contributed by atoms with Crippen LogP contribution in [0, 0.1) is 0 Å². The molecule has 1 heterocycles. The fourth-order valence-electron chi connectivity index (χ4n) is 1.96. The molecule has 1 aromatic heterocycles. The van der Waals surface area contributed by atoms with E-state index in [-0.39, 0.29) is 13.0 Å². The molecule has 0 bridgehead atoms. The van der Waals surface area contributed by atoms with Crippen molar-refractivity contribution in [3.05, 3.63) is 24.3 Å². The van der Waals surface area contributed by atoms with E-state index in [2.05, 4.69) is 15.5 Å². The quantitative estimate of drug-likeness (QED) is 0.807. The number of para-hydroxylation sites is 1. The standard InChI is InChI=1S/C13H16N4O4/c1-20-9(7-12(18)19)8-17-13(14-15-16-17)10-5-3-4-6-11(10)21-2/h3-6,9H,7-8H2,1-2H3,(H,18,19). The Balaban J connectivity index is 2.28. The highest BCUT2D eigenvalue weighted by Gasteiger charge is 2.19. The highest BCUT2D eigenvalue weighted by Crippen LogP contribution is 2.27. The van der Waals surface area contributed by atoms with Crippen molar-refractivity contribution in [1.82, 2.24) is 20.2 Å². The first-order valence-corrected chi connectivity index (χ1v) is 6.29. The maximum atomic E-state index is 10.8. The van der Waals surface area contributed by atoms with Crippen LogP contribution in [0.2, 0.25) is 0 Å². The first-order chi connectivity index (χ1) is 10.2. The lowest BCUT2D eigenvalue weighted by Crippen LogP contribution is -2.23. The molecule has 0 saturated carbocycles. The van der Waals surface area contributed by atoms with Gasteiger partial charge in [0.15, 0.2) is 5.82 Å². The Hall–Kier alpha value is -2.48. The van der Waals surface area contributed by atoms with E-state index in [0.29, 0.717) is 11.6 Å². The average molecular weight is 292 g/mol. The topological polar surface area (TPSA) is 99.4 Å². The van der Waals surface area contributed by atoms with E-state index in [1.54, 1.807) is 13.2 Å². The van der Waals surface area contributed by atoms with Gasteiger partial charge < -0.3 is 14.6 Å². The molecule has 2 rings (SSSR count). The smallest absolute Gasteiger partial charge is 0.306 e. The van der Waals surface area contributed by atoms with Gasteiger partial charge in [-0.1, -0.05) is 12.1 Å². The summed E-state index contributed by atoms with van der Waals surface area (Å²) in [6, 6.07) is 7.33. The molecule has 0 amide bonds. The number of carboxylic acids is 1. The summed E-state index contributed by atoms with van der Waals surface area (Å²) in [6.45, 7) is 0.239. The van der Waals surface area contributed by atoms with E-state index in [0.717, 1.165) is 5.56 Å². The Kier molecular flexibility index (Phi) is 4.83. The van der Waals surface area contributed by atoms with Crippen LogP contribution in [0.3, 0.4) is 0 Å². The summed E-state index contributed by atoms with van der Waals surface area (Å²) in [5.74, 6) is 0.203. The van der Waals surface area contributed by atoms with Crippen molar-refractivity contribution in [3.8, 4) is 17.1 Å². The van der Waals surface area contributed by atoms with Crippen molar-refractivity contribution >= 4 is 5.97 Å². The Labute approximate surface area is 121 Å². The summed E-state index contributed by atoms with van der Waals surface area (Å²) in [5.41, 5.74) is 0.732. The average Bonchev–Trinajstić information content (AvgIpc) is 2.94. The third-order valence-electron chi connectivity index (χ3n) is 2.99. The molecule has 0 aliphatic heterocycles. The van der Waals surface area contributed by atoms with Gasteiger partial charge in [-0.05, 0) is 22.6 Å². The van der Waals surface area contributed by atoms with Crippen LogP contribution in [0.1, 0.15) is 6.42 Å². The lowest BCUT2D eigenvalue weighted by Gasteiger charge is -2.14. The fourth-order valence-corrected chi connectivity index (χ4v) is 1.96.